The van der Waals surface area contributed by atoms with E-state index in [-0.39, 0.29) is 24.3 Å². The summed E-state index contributed by atoms with van der Waals surface area (Å²) in [6.07, 6.45) is 4.80. The lowest BCUT2D eigenvalue weighted by Crippen LogP contribution is -2.59. The van der Waals surface area contributed by atoms with Crippen LogP contribution in [0.1, 0.15) is 102 Å². The topological polar surface area (TPSA) is 87.7 Å². The van der Waals surface area contributed by atoms with E-state index in [2.05, 4.69) is 10.6 Å². The smallest absolute Gasteiger partial charge is 0.408 e. The number of nitrogens with one attached hydrogen (secondary N) is 2. The Bertz CT molecular complexity index is 1190. The normalized spacial score (nSPS) is 15.9. The van der Waals surface area contributed by atoms with Crippen LogP contribution in [0.5, 0.6) is 0 Å². The van der Waals surface area contributed by atoms with Crippen molar-refractivity contribution in [2.45, 2.75) is 123 Å². The van der Waals surface area contributed by atoms with Gasteiger partial charge in [-0.2, -0.15) is 0 Å². The van der Waals surface area contributed by atoms with Crippen LogP contribution in [-0.2, 0) is 20.7 Å². The van der Waals surface area contributed by atoms with Crippen molar-refractivity contribution in [3.05, 3.63) is 70.8 Å². The Labute approximate surface area is 246 Å². The predicted octanol–water partition coefficient (Wildman–Crippen LogP) is 6.56. The van der Waals surface area contributed by atoms with Crippen molar-refractivity contribution in [1.29, 1.82) is 0 Å². The number of carbonyl (C=O) groups excluding carboxylic acids is 3. The molecule has 0 aliphatic heterocycles. The van der Waals surface area contributed by atoms with Gasteiger partial charge in [-0.15, -0.1) is 0 Å². The fraction of sp³-hybridized carbons (Fsp3) is 0.559. The van der Waals surface area contributed by atoms with Gasteiger partial charge in [-0.25, -0.2) is 4.79 Å². The average molecular weight is 564 g/mol. The minimum absolute atomic E-state index is 0.0847. The lowest BCUT2D eigenvalue weighted by atomic mass is 9.90. The summed E-state index contributed by atoms with van der Waals surface area (Å²) in [6, 6.07) is 13.8. The molecule has 0 heterocycles. The molecular formula is C34H49N3O4. The molecule has 2 N–H and O–H groups in total. The summed E-state index contributed by atoms with van der Waals surface area (Å²) in [5, 5.41) is 6.12. The van der Waals surface area contributed by atoms with Gasteiger partial charge in [-0.05, 0) is 84.9 Å². The Kier molecular flexibility index (Phi) is 10.6. The molecule has 2 aromatic carbocycles. The van der Waals surface area contributed by atoms with E-state index < -0.39 is 29.3 Å². The van der Waals surface area contributed by atoms with Crippen molar-refractivity contribution in [3.63, 3.8) is 0 Å². The number of alkyl carbamates (subject to hydrolysis) is 1. The summed E-state index contributed by atoms with van der Waals surface area (Å²) in [6.45, 7) is 15.2. The Morgan fingerprint density at radius 2 is 1.56 bits per heavy atom. The number of hydrogen-bond donors (Lipinski definition) is 2. The van der Waals surface area contributed by atoms with Gasteiger partial charge in [0.1, 0.15) is 17.7 Å². The molecule has 1 aliphatic carbocycles. The van der Waals surface area contributed by atoms with Gasteiger partial charge in [-0.1, -0.05) is 73.4 Å². The maximum atomic E-state index is 14.7. The summed E-state index contributed by atoms with van der Waals surface area (Å²) in [5.74, 6) is -0.529. The first-order chi connectivity index (χ1) is 19.2. The summed E-state index contributed by atoms with van der Waals surface area (Å²) in [5.41, 5.74) is 2.23. The van der Waals surface area contributed by atoms with Gasteiger partial charge in [0.25, 0.3) is 0 Å². The lowest BCUT2D eigenvalue weighted by molar-refractivity contribution is -0.148. The number of hydrogen-bond acceptors (Lipinski definition) is 4. The van der Waals surface area contributed by atoms with E-state index in [0.717, 1.165) is 47.9 Å². The van der Waals surface area contributed by atoms with Gasteiger partial charge in [0.2, 0.25) is 11.8 Å². The summed E-state index contributed by atoms with van der Waals surface area (Å²) < 4.78 is 5.55. The Hall–Kier alpha value is -3.35. The predicted molar refractivity (Wildman–Crippen MR) is 164 cm³/mol. The molecule has 2 atom stereocenters. The van der Waals surface area contributed by atoms with E-state index in [1.807, 2.05) is 83.1 Å². The lowest BCUT2D eigenvalue weighted by Gasteiger charge is -2.44. The highest BCUT2D eigenvalue weighted by Gasteiger charge is 2.43. The van der Waals surface area contributed by atoms with Crippen LogP contribution >= 0.6 is 0 Å². The monoisotopic (exact) mass is 563 g/mol. The highest BCUT2D eigenvalue weighted by atomic mass is 16.6. The molecular weight excluding hydrogens is 514 g/mol. The number of ether oxygens (including phenoxy) is 1. The molecule has 1 saturated carbocycles. The maximum Gasteiger partial charge on any atom is 0.408 e. The van der Waals surface area contributed by atoms with Crippen LogP contribution in [0.4, 0.5) is 4.79 Å². The largest absolute Gasteiger partial charge is 0.444 e. The first kappa shape index (κ1) is 32.2. The molecule has 1 aliphatic rings. The quantitative estimate of drug-likeness (QED) is 0.381. The van der Waals surface area contributed by atoms with E-state index in [0.29, 0.717) is 0 Å². The third-order valence-corrected chi connectivity index (χ3v) is 7.41. The summed E-state index contributed by atoms with van der Waals surface area (Å²) in [4.78, 5) is 43.5. The number of nitrogens with zero attached hydrogens (tertiary/aromatic N) is 1. The molecule has 3 rings (SSSR count). The third kappa shape index (κ3) is 9.34. The molecule has 0 aromatic heterocycles. The number of aryl methyl sites for hydroxylation is 2. The second-order valence-electron chi connectivity index (χ2n) is 13.4. The van der Waals surface area contributed by atoms with E-state index in [1.165, 1.54) is 6.42 Å². The summed E-state index contributed by atoms with van der Waals surface area (Å²) in [7, 11) is 0. The van der Waals surface area contributed by atoms with Crippen molar-refractivity contribution in [2.75, 3.05) is 0 Å². The van der Waals surface area contributed by atoms with E-state index in [9.17, 15) is 14.4 Å². The standard InChI is InChI=1S/C34H49N3O4/c1-23-19-20-27(24(2)21-23)29(30(38)35-26-17-13-10-14-18-26)37(33(3,4)5)31(39)28(22-25-15-11-9-12-16-25)36-32(40)41-34(6,7)8/h9,11-12,15-16,19-21,26,28-29H,10,13-14,17-18,22H2,1-8H3,(H,35,38)(H,36,40). The van der Waals surface area contributed by atoms with Crippen LogP contribution in [0, 0.1) is 13.8 Å². The average Bonchev–Trinajstić information content (AvgIpc) is 2.86. The van der Waals surface area contributed by atoms with Crippen LogP contribution in [0.15, 0.2) is 48.5 Å². The molecule has 2 unspecified atom stereocenters. The number of carbonyl (C=O) groups is 3. The second kappa shape index (κ2) is 13.5. The molecule has 41 heavy (non-hydrogen) atoms. The molecule has 7 nitrogen and oxygen atoms in total. The highest BCUT2D eigenvalue weighted by Crippen LogP contribution is 2.33. The second-order valence-corrected chi connectivity index (χ2v) is 13.4. The molecule has 224 valence electrons. The first-order valence-corrected chi connectivity index (χ1v) is 14.9. The van der Waals surface area contributed by atoms with Gasteiger partial charge >= 0.3 is 6.09 Å². The van der Waals surface area contributed by atoms with Crippen molar-refractivity contribution in [1.82, 2.24) is 15.5 Å². The van der Waals surface area contributed by atoms with E-state index in [4.69, 9.17) is 4.74 Å². The van der Waals surface area contributed by atoms with Crippen LogP contribution in [-0.4, -0.2) is 46.0 Å². The van der Waals surface area contributed by atoms with E-state index in [1.54, 1.807) is 25.7 Å². The molecule has 0 saturated heterocycles. The zero-order valence-corrected chi connectivity index (χ0v) is 26.2. The number of benzene rings is 2. The Balaban J connectivity index is 2.08. The molecule has 7 heteroatoms. The molecule has 1 fully saturated rings. The van der Waals surface area contributed by atoms with Gasteiger partial charge in [0.15, 0.2) is 0 Å². The fourth-order valence-corrected chi connectivity index (χ4v) is 5.57. The number of amides is 3. The van der Waals surface area contributed by atoms with Crippen molar-refractivity contribution < 1.29 is 19.1 Å². The van der Waals surface area contributed by atoms with Crippen molar-refractivity contribution >= 4 is 17.9 Å². The molecule has 2 aromatic rings. The van der Waals surface area contributed by atoms with Gasteiger partial charge in [0, 0.05) is 18.0 Å². The van der Waals surface area contributed by atoms with Crippen LogP contribution in [0.2, 0.25) is 0 Å². The Morgan fingerprint density at radius 3 is 2.12 bits per heavy atom. The highest BCUT2D eigenvalue weighted by molar-refractivity contribution is 5.93. The zero-order valence-electron chi connectivity index (χ0n) is 26.2. The van der Waals surface area contributed by atoms with Gasteiger partial charge in [0.05, 0.1) is 0 Å². The minimum atomic E-state index is -0.942. The molecule has 3 amide bonds. The van der Waals surface area contributed by atoms with Gasteiger partial charge < -0.3 is 20.3 Å². The van der Waals surface area contributed by atoms with Gasteiger partial charge in [-0.3, -0.25) is 9.59 Å². The first-order valence-electron chi connectivity index (χ1n) is 14.9. The minimum Gasteiger partial charge on any atom is -0.444 e. The van der Waals surface area contributed by atoms with Crippen molar-refractivity contribution in [2.24, 2.45) is 0 Å². The molecule has 0 bridgehead atoms. The van der Waals surface area contributed by atoms with Crippen molar-refractivity contribution in [3.8, 4) is 0 Å². The zero-order chi connectivity index (χ0) is 30.4. The third-order valence-electron chi connectivity index (χ3n) is 7.41. The summed E-state index contributed by atoms with van der Waals surface area (Å²) >= 11 is 0. The number of rotatable bonds is 8. The molecule has 0 spiro atoms. The van der Waals surface area contributed by atoms with Crippen LogP contribution < -0.4 is 10.6 Å². The fourth-order valence-electron chi connectivity index (χ4n) is 5.57. The van der Waals surface area contributed by atoms with Crippen LogP contribution in [0.25, 0.3) is 0 Å². The van der Waals surface area contributed by atoms with Crippen LogP contribution in [0.3, 0.4) is 0 Å². The SMILES string of the molecule is Cc1ccc(C(C(=O)NC2CCCCC2)N(C(=O)C(Cc2ccccc2)NC(=O)OC(C)(C)C)C(C)(C)C)c(C)c1. The van der Waals surface area contributed by atoms with E-state index >= 15 is 0 Å². The maximum absolute atomic E-state index is 14.7. The molecule has 0 radical (unpaired) electrons. The Morgan fingerprint density at radius 1 is 0.927 bits per heavy atom.